The summed E-state index contributed by atoms with van der Waals surface area (Å²) in [5, 5.41) is 3.69. The van der Waals surface area contributed by atoms with Crippen molar-refractivity contribution in [2.24, 2.45) is 0 Å². The molecule has 0 saturated heterocycles. The summed E-state index contributed by atoms with van der Waals surface area (Å²) in [4.78, 5) is 22.3. The first-order chi connectivity index (χ1) is 7.74. The fourth-order valence-corrected chi connectivity index (χ4v) is 2.44. The molecular formula is C13H10O2S. The van der Waals surface area contributed by atoms with E-state index in [4.69, 9.17) is 0 Å². The Morgan fingerprint density at radius 3 is 2.62 bits per heavy atom. The number of hydrogen-bond acceptors (Lipinski definition) is 3. The Kier molecular flexibility index (Phi) is 2.97. The first-order valence-corrected chi connectivity index (χ1v) is 5.80. The van der Waals surface area contributed by atoms with E-state index in [-0.39, 0.29) is 5.78 Å². The molecule has 1 aromatic heterocycles. The molecule has 0 saturated carbocycles. The van der Waals surface area contributed by atoms with E-state index >= 15 is 0 Å². The topological polar surface area (TPSA) is 34.1 Å². The molecule has 0 unspecified atom stereocenters. The lowest BCUT2D eigenvalue weighted by Gasteiger charge is -2.05. The molecule has 0 aliphatic rings. The van der Waals surface area contributed by atoms with Crippen molar-refractivity contribution in [1.29, 1.82) is 0 Å². The zero-order valence-corrected chi connectivity index (χ0v) is 9.58. The lowest BCUT2D eigenvalue weighted by molar-refractivity contribution is 0.101. The molecule has 0 atom stereocenters. The monoisotopic (exact) mass is 230 g/mol. The van der Waals surface area contributed by atoms with Crippen molar-refractivity contribution < 1.29 is 9.59 Å². The van der Waals surface area contributed by atoms with Crippen LogP contribution in [0.15, 0.2) is 35.0 Å². The molecule has 0 spiro atoms. The van der Waals surface area contributed by atoms with Gasteiger partial charge in [-0.3, -0.25) is 9.59 Å². The van der Waals surface area contributed by atoms with Crippen molar-refractivity contribution >= 4 is 23.4 Å². The quantitative estimate of drug-likeness (QED) is 0.598. The van der Waals surface area contributed by atoms with Gasteiger partial charge in [0, 0.05) is 22.1 Å². The van der Waals surface area contributed by atoms with E-state index in [9.17, 15) is 9.59 Å². The van der Waals surface area contributed by atoms with E-state index in [2.05, 4.69) is 0 Å². The van der Waals surface area contributed by atoms with Crippen LogP contribution in [0.2, 0.25) is 0 Å². The number of aldehydes is 1. The Labute approximate surface area is 97.5 Å². The number of Topliss-reactive ketones (excluding diaryl/α,β-unsaturated/α-hetero) is 1. The normalized spacial score (nSPS) is 10.1. The van der Waals surface area contributed by atoms with Crippen molar-refractivity contribution in [1.82, 2.24) is 0 Å². The summed E-state index contributed by atoms with van der Waals surface area (Å²) in [6.45, 7) is 1.53. The highest BCUT2D eigenvalue weighted by molar-refractivity contribution is 7.08. The third kappa shape index (κ3) is 1.82. The van der Waals surface area contributed by atoms with Crippen LogP contribution in [0.4, 0.5) is 0 Å². The molecule has 3 heteroatoms. The van der Waals surface area contributed by atoms with Gasteiger partial charge in [0.05, 0.1) is 0 Å². The second-order valence-electron chi connectivity index (χ2n) is 3.46. The summed E-state index contributed by atoms with van der Waals surface area (Å²) in [5.74, 6) is 0.0126. The molecule has 0 fully saturated rings. The van der Waals surface area contributed by atoms with E-state index < -0.39 is 0 Å². The fourth-order valence-electron chi connectivity index (χ4n) is 1.64. The van der Waals surface area contributed by atoms with E-state index in [0.717, 1.165) is 17.4 Å². The highest BCUT2D eigenvalue weighted by Crippen LogP contribution is 2.29. The van der Waals surface area contributed by atoms with Gasteiger partial charge in [-0.1, -0.05) is 24.3 Å². The lowest BCUT2D eigenvalue weighted by atomic mass is 9.97. The molecule has 2 nitrogen and oxygen atoms in total. The predicted molar refractivity (Wildman–Crippen MR) is 65.1 cm³/mol. The summed E-state index contributed by atoms with van der Waals surface area (Å²) in [7, 11) is 0. The molecular weight excluding hydrogens is 220 g/mol. The Balaban J connectivity index is 2.64. The molecule has 0 amide bonds. The van der Waals surface area contributed by atoms with Gasteiger partial charge in [-0.2, -0.15) is 11.3 Å². The van der Waals surface area contributed by atoms with Crippen LogP contribution in [-0.2, 0) is 0 Å². The van der Waals surface area contributed by atoms with Gasteiger partial charge in [0.1, 0.15) is 0 Å². The van der Waals surface area contributed by atoms with Gasteiger partial charge in [-0.15, -0.1) is 0 Å². The molecule has 2 rings (SSSR count). The van der Waals surface area contributed by atoms with Crippen LogP contribution in [0.25, 0.3) is 11.1 Å². The molecule has 16 heavy (non-hydrogen) atoms. The van der Waals surface area contributed by atoms with Crippen molar-refractivity contribution in [2.75, 3.05) is 0 Å². The van der Waals surface area contributed by atoms with E-state index in [1.807, 2.05) is 23.6 Å². The summed E-state index contributed by atoms with van der Waals surface area (Å²) < 4.78 is 0. The van der Waals surface area contributed by atoms with Crippen LogP contribution in [0, 0.1) is 0 Å². The number of thiophene rings is 1. The molecule has 2 aromatic rings. The van der Waals surface area contributed by atoms with Crippen LogP contribution in [0.1, 0.15) is 27.6 Å². The SMILES string of the molecule is CC(=O)c1ccccc1-c1cscc1C=O. The third-order valence-corrected chi connectivity index (χ3v) is 3.18. The maximum atomic E-state index is 11.5. The second kappa shape index (κ2) is 4.41. The molecule has 0 radical (unpaired) electrons. The Morgan fingerprint density at radius 2 is 1.94 bits per heavy atom. The molecule has 0 N–H and O–H groups in total. The minimum absolute atomic E-state index is 0.0126. The summed E-state index contributed by atoms with van der Waals surface area (Å²) in [5.41, 5.74) is 2.96. The van der Waals surface area contributed by atoms with Crippen LogP contribution < -0.4 is 0 Å². The van der Waals surface area contributed by atoms with Gasteiger partial charge in [-0.05, 0) is 17.9 Å². The minimum atomic E-state index is 0.0126. The van der Waals surface area contributed by atoms with Gasteiger partial charge >= 0.3 is 0 Å². The predicted octanol–water partition coefficient (Wildman–Crippen LogP) is 3.43. The van der Waals surface area contributed by atoms with Gasteiger partial charge in [0.15, 0.2) is 12.1 Å². The average molecular weight is 230 g/mol. The molecule has 1 aromatic carbocycles. The molecule has 0 aliphatic carbocycles. The van der Waals surface area contributed by atoms with E-state index in [0.29, 0.717) is 11.1 Å². The van der Waals surface area contributed by atoms with Crippen LogP contribution in [0.3, 0.4) is 0 Å². The molecule has 0 bridgehead atoms. The third-order valence-electron chi connectivity index (χ3n) is 2.42. The van der Waals surface area contributed by atoms with E-state index in [1.54, 1.807) is 11.4 Å². The van der Waals surface area contributed by atoms with Crippen LogP contribution in [-0.4, -0.2) is 12.1 Å². The Hall–Kier alpha value is -1.74. The van der Waals surface area contributed by atoms with E-state index in [1.165, 1.54) is 18.3 Å². The minimum Gasteiger partial charge on any atom is -0.298 e. The molecule has 1 heterocycles. The highest BCUT2D eigenvalue weighted by Gasteiger charge is 2.12. The lowest BCUT2D eigenvalue weighted by Crippen LogP contribution is -1.96. The van der Waals surface area contributed by atoms with Crippen molar-refractivity contribution in [3.05, 3.63) is 46.2 Å². The zero-order chi connectivity index (χ0) is 11.5. The smallest absolute Gasteiger partial charge is 0.160 e. The van der Waals surface area contributed by atoms with Crippen LogP contribution >= 0.6 is 11.3 Å². The van der Waals surface area contributed by atoms with Gasteiger partial charge in [0.2, 0.25) is 0 Å². The number of hydrogen-bond donors (Lipinski definition) is 0. The van der Waals surface area contributed by atoms with Gasteiger partial charge in [0.25, 0.3) is 0 Å². The highest BCUT2D eigenvalue weighted by atomic mass is 32.1. The first-order valence-electron chi connectivity index (χ1n) is 4.85. The average Bonchev–Trinajstić information content (AvgIpc) is 2.76. The van der Waals surface area contributed by atoms with Crippen molar-refractivity contribution in [3.8, 4) is 11.1 Å². The zero-order valence-electron chi connectivity index (χ0n) is 8.77. The number of rotatable bonds is 3. The number of ketones is 1. The maximum absolute atomic E-state index is 11.5. The van der Waals surface area contributed by atoms with Gasteiger partial charge in [-0.25, -0.2) is 0 Å². The number of benzene rings is 1. The second-order valence-corrected chi connectivity index (χ2v) is 4.20. The Morgan fingerprint density at radius 1 is 1.19 bits per heavy atom. The number of carbonyl (C=O) groups is 2. The first kappa shape index (κ1) is 10.8. The summed E-state index contributed by atoms with van der Waals surface area (Å²) >= 11 is 1.46. The number of carbonyl (C=O) groups excluding carboxylic acids is 2. The fraction of sp³-hybridized carbons (Fsp3) is 0.0769. The molecule has 80 valence electrons. The standard InChI is InChI=1S/C13H10O2S/c1-9(15)11-4-2-3-5-12(11)13-8-16-7-10(13)6-14/h2-8H,1H3. The molecule has 0 aliphatic heterocycles. The summed E-state index contributed by atoms with van der Waals surface area (Å²) in [6, 6.07) is 7.34. The van der Waals surface area contributed by atoms with Crippen LogP contribution in [0.5, 0.6) is 0 Å². The van der Waals surface area contributed by atoms with Gasteiger partial charge < -0.3 is 0 Å². The van der Waals surface area contributed by atoms with Crippen molar-refractivity contribution in [3.63, 3.8) is 0 Å². The largest absolute Gasteiger partial charge is 0.298 e. The Bertz CT molecular complexity index is 540. The van der Waals surface area contributed by atoms with Crippen molar-refractivity contribution in [2.45, 2.75) is 6.92 Å². The maximum Gasteiger partial charge on any atom is 0.160 e. The summed E-state index contributed by atoms with van der Waals surface area (Å²) in [6.07, 6.45) is 0.822.